The molecule has 1 aliphatic heterocycles. The van der Waals surface area contributed by atoms with Gasteiger partial charge in [0.25, 0.3) is 0 Å². The second kappa shape index (κ2) is 6.66. The van der Waals surface area contributed by atoms with Crippen LogP contribution in [0.25, 0.3) is 0 Å². The van der Waals surface area contributed by atoms with Crippen LogP contribution in [0.4, 0.5) is 0 Å². The fourth-order valence-electron chi connectivity index (χ4n) is 4.38. The number of amides is 1. The minimum Gasteiger partial charge on any atom is -0.378 e. The van der Waals surface area contributed by atoms with Gasteiger partial charge in [-0.15, -0.1) is 0 Å². The predicted octanol–water partition coefficient (Wildman–Crippen LogP) is 2.33. The van der Waals surface area contributed by atoms with Crippen LogP contribution < -0.4 is 5.32 Å². The highest BCUT2D eigenvalue weighted by molar-refractivity contribution is 5.76. The van der Waals surface area contributed by atoms with Crippen LogP contribution in [0.5, 0.6) is 0 Å². The molecule has 1 saturated heterocycles. The molecule has 1 spiro atoms. The normalized spacial score (nSPS) is 30.8. The topological polar surface area (TPSA) is 41.6 Å². The first-order valence-corrected chi connectivity index (χ1v) is 8.89. The van der Waals surface area contributed by atoms with Crippen LogP contribution in [0.3, 0.4) is 0 Å². The van der Waals surface area contributed by atoms with E-state index >= 15 is 0 Å². The number of hydrogen-bond donors (Lipinski definition) is 1. The Kier molecular flexibility index (Phi) is 4.85. The SMILES string of the molecule is CCOC1CC(NCCC(=O)N2CCCCC2)C12CCC2. The number of carbonyl (C=O) groups excluding carboxylic acids is 1. The highest BCUT2D eigenvalue weighted by atomic mass is 16.5. The van der Waals surface area contributed by atoms with Crippen molar-refractivity contribution in [1.29, 1.82) is 0 Å². The Hall–Kier alpha value is -0.610. The molecule has 3 rings (SSSR count). The number of nitrogens with zero attached hydrogens (tertiary/aromatic N) is 1. The molecule has 2 saturated carbocycles. The van der Waals surface area contributed by atoms with E-state index in [9.17, 15) is 4.79 Å². The first-order chi connectivity index (χ1) is 10.3. The molecule has 21 heavy (non-hydrogen) atoms. The summed E-state index contributed by atoms with van der Waals surface area (Å²) < 4.78 is 5.87. The first-order valence-electron chi connectivity index (χ1n) is 8.89. The number of piperidine rings is 1. The van der Waals surface area contributed by atoms with Gasteiger partial charge in [-0.1, -0.05) is 6.42 Å². The number of carbonyl (C=O) groups is 1. The van der Waals surface area contributed by atoms with Crippen molar-refractivity contribution in [2.45, 2.75) is 70.4 Å². The van der Waals surface area contributed by atoms with E-state index in [2.05, 4.69) is 12.2 Å². The van der Waals surface area contributed by atoms with E-state index in [-0.39, 0.29) is 0 Å². The third-order valence-electron chi connectivity index (χ3n) is 5.88. The van der Waals surface area contributed by atoms with Gasteiger partial charge in [0.05, 0.1) is 6.10 Å². The zero-order valence-corrected chi connectivity index (χ0v) is 13.4. The maximum atomic E-state index is 12.2. The van der Waals surface area contributed by atoms with E-state index in [1.807, 2.05) is 4.90 Å². The van der Waals surface area contributed by atoms with Gasteiger partial charge < -0.3 is 15.0 Å². The van der Waals surface area contributed by atoms with Gasteiger partial charge in [0.1, 0.15) is 0 Å². The standard InChI is InChI=1S/C17H30N2O2/c1-2-21-15-13-14(17(15)8-6-9-17)18-10-7-16(20)19-11-4-3-5-12-19/h14-15,18H,2-13H2,1H3. The van der Waals surface area contributed by atoms with Gasteiger partial charge in [-0.25, -0.2) is 0 Å². The Morgan fingerprint density at radius 2 is 2.00 bits per heavy atom. The smallest absolute Gasteiger partial charge is 0.223 e. The first kappa shape index (κ1) is 15.3. The molecule has 2 aliphatic carbocycles. The Morgan fingerprint density at radius 1 is 1.24 bits per heavy atom. The van der Waals surface area contributed by atoms with Crippen LogP contribution in [0, 0.1) is 5.41 Å². The lowest BCUT2D eigenvalue weighted by Gasteiger charge is -2.61. The van der Waals surface area contributed by atoms with Crippen LogP contribution in [-0.2, 0) is 9.53 Å². The van der Waals surface area contributed by atoms with Crippen molar-refractivity contribution in [3.05, 3.63) is 0 Å². The Bertz CT molecular complexity index is 362. The van der Waals surface area contributed by atoms with Crippen LogP contribution in [0.1, 0.15) is 58.3 Å². The quantitative estimate of drug-likeness (QED) is 0.817. The molecule has 3 fully saturated rings. The molecule has 0 aromatic heterocycles. The van der Waals surface area contributed by atoms with Gasteiger partial charge in [-0.05, 0) is 45.4 Å². The second-order valence-electron chi connectivity index (χ2n) is 6.96. The number of hydrogen-bond acceptors (Lipinski definition) is 3. The fourth-order valence-corrected chi connectivity index (χ4v) is 4.38. The van der Waals surface area contributed by atoms with Crippen molar-refractivity contribution < 1.29 is 9.53 Å². The zero-order valence-electron chi connectivity index (χ0n) is 13.4. The summed E-state index contributed by atoms with van der Waals surface area (Å²) in [5, 5.41) is 3.64. The molecule has 4 nitrogen and oxygen atoms in total. The highest BCUT2D eigenvalue weighted by Gasteiger charge is 2.58. The molecule has 1 N–H and O–H groups in total. The lowest BCUT2D eigenvalue weighted by Crippen LogP contribution is -2.67. The number of likely N-dealkylation sites (tertiary alicyclic amines) is 1. The van der Waals surface area contributed by atoms with Crippen molar-refractivity contribution >= 4 is 5.91 Å². The van der Waals surface area contributed by atoms with Gasteiger partial charge >= 0.3 is 0 Å². The summed E-state index contributed by atoms with van der Waals surface area (Å²) in [5.41, 5.74) is 0.407. The van der Waals surface area contributed by atoms with Crippen LogP contribution in [0.15, 0.2) is 0 Å². The van der Waals surface area contributed by atoms with Crippen LogP contribution >= 0.6 is 0 Å². The Morgan fingerprint density at radius 3 is 2.62 bits per heavy atom. The maximum Gasteiger partial charge on any atom is 0.223 e. The number of nitrogens with one attached hydrogen (secondary N) is 1. The summed E-state index contributed by atoms with van der Waals surface area (Å²) >= 11 is 0. The molecule has 0 aromatic rings. The third-order valence-corrected chi connectivity index (χ3v) is 5.88. The Balaban J connectivity index is 1.39. The van der Waals surface area contributed by atoms with Gasteiger partial charge in [0.15, 0.2) is 0 Å². The lowest BCUT2D eigenvalue weighted by atomic mass is 9.51. The number of rotatable bonds is 6. The van der Waals surface area contributed by atoms with Gasteiger partial charge in [-0.3, -0.25) is 4.79 Å². The summed E-state index contributed by atoms with van der Waals surface area (Å²) in [6, 6.07) is 0.581. The van der Waals surface area contributed by atoms with Crippen molar-refractivity contribution in [3.63, 3.8) is 0 Å². The molecule has 1 heterocycles. The van der Waals surface area contributed by atoms with E-state index < -0.39 is 0 Å². The lowest BCUT2D eigenvalue weighted by molar-refractivity contribution is -0.172. The van der Waals surface area contributed by atoms with Crippen molar-refractivity contribution in [2.24, 2.45) is 5.41 Å². The van der Waals surface area contributed by atoms with Crippen molar-refractivity contribution in [1.82, 2.24) is 10.2 Å². The fraction of sp³-hybridized carbons (Fsp3) is 0.941. The van der Waals surface area contributed by atoms with E-state index in [4.69, 9.17) is 4.74 Å². The molecule has 2 atom stereocenters. The summed E-state index contributed by atoms with van der Waals surface area (Å²) in [5.74, 6) is 0.338. The molecule has 0 bridgehead atoms. The van der Waals surface area contributed by atoms with Crippen molar-refractivity contribution in [2.75, 3.05) is 26.2 Å². The molecule has 3 aliphatic rings. The minimum atomic E-state index is 0.338. The van der Waals surface area contributed by atoms with Gasteiger partial charge in [0.2, 0.25) is 5.91 Å². The third kappa shape index (κ3) is 2.98. The highest BCUT2D eigenvalue weighted by Crippen LogP contribution is 2.57. The Labute approximate surface area is 128 Å². The van der Waals surface area contributed by atoms with Gasteiger partial charge in [0, 0.05) is 44.1 Å². The molecular weight excluding hydrogens is 264 g/mol. The van der Waals surface area contributed by atoms with E-state index in [1.165, 1.54) is 38.5 Å². The van der Waals surface area contributed by atoms with Crippen LogP contribution in [-0.4, -0.2) is 49.2 Å². The molecule has 120 valence electrons. The van der Waals surface area contributed by atoms with E-state index in [1.54, 1.807) is 0 Å². The second-order valence-corrected chi connectivity index (χ2v) is 6.96. The zero-order chi connectivity index (χ0) is 14.7. The van der Waals surface area contributed by atoms with Gasteiger partial charge in [-0.2, -0.15) is 0 Å². The maximum absolute atomic E-state index is 12.2. The summed E-state index contributed by atoms with van der Waals surface area (Å²) in [6.07, 6.45) is 9.84. The average Bonchev–Trinajstić information content (AvgIpc) is 2.44. The van der Waals surface area contributed by atoms with E-state index in [0.717, 1.165) is 32.7 Å². The average molecular weight is 294 g/mol. The monoisotopic (exact) mass is 294 g/mol. The number of ether oxygens (including phenoxy) is 1. The van der Waals surface area contributed by atoms with Crippen LogP contribution in [0.2, 0.25) is 0 Å². The molecular formula is C17H30N2O2. The van der Waals surface area contributed by atoms with Crippen molar-refractivity contribution in [3.8, 4) is 0 Å². The predicted molar refractivity (Wildman–Crippen MR) is 83.2 cm³/mol. The summed E-state index contributed by atoms with van der Waals surface area (Å²) in [6.45, 7) is 5.69. The largest absolute Gasteiger partial charge is 0.378 e. The minimum absolute atomic E-state index is 0.338. The summed E-state index contributed by atoms with van der Waals surface area (Å²) in [7, 11) is 0. The molecule has 1 amide bonds. The summed E-state index contributed by atoms with van der Waals surface area (Å²) in [4.78, 5) is 14.2. The molecule has 0 aromatic carbocycles. The van der Waals surface area contributed by atoms with E-state index in [0.29, 0.717) is 29.9 Å². The molecule has 0 radical (unpaired) electrons. The molecule has 4 heteroatoms. The molecule has 2 unspecified atom stereocenters.